The highest BCUT2D eigenvalue weighted by Crippen LogP contribution is 2.47. The van der Waals surface area contributed by atoms with E-state index in [-0.39, 0.29) is 10.5 Å². The number of sulfonamides is 1. The van der Waals surface area contributed by atoms with Gasteiger partial charge in [0.05, 0.1) is 4.90 Å². The monoisotopic (exact) mass is 371 g/mol. The van der Waals surface area contributed by atoms with Gasteiger partial charge in [-0.15, -0.1) is 0 Å². The van der Waals surface area contributed by atoms with Crippen molar-refractivity contribution in [2.75, 3.05) is 5.32 Å². The van der Waals surface area contributed by atoms with Crippen molar-refractivity contribution in [3.05, 3.63) is 53.5 Å². The van der Waals surface area contributed by atoms with Crippen molar-refractivity contribution < 1.29 is 17.6 Å². The molecule has 2 aromatic rings. The summed E-state index contributed by atoms with van der Waals surface area (Å²) in [7, 11) is -3.80. The van der Waals surface area contributed by atoms with Gasteiger partial charge in [0.15, 0.2) is 0 Å². The van der Waals surface area contributed by atoms with E-state index in [4.69, 9.17) is 9.56 Å². The zero-order valence-electron chi connectivity index (χ0n) is 14.0. The number of nitrogens with one attached hydrogen (secondary N) is 1. The summed E-state index contributed by atoms with van der Waals surface area (Å²) in [6, 6.07) is 10.8. The van der Waals surface area contributed by atoms with Gasteiger partial charge in [-0.05, 0) is 48.7 Å². The van der Waals surface area contributed by atoms with Crippen LogP contribution < -0.4 is 10.5 Å². The van der Waals surface area contributed by atoms with Gasteiger partial charge >= 0.3 is 0 Å². The Balaban J connectivity index is 1.72. The van der Waals surface area contributed by atoms with Crippen molar-refractivity contribution in [2.24, 2.45) is 11.1 Å². The Kier molecular flexibility index (Phi) is 4.68. The first-order valence-corrected chi connectivity index (χ1v) is 9.48. The molecule has 134 valence electrons. The van der Waals surface area contributed by atoms with Crippen LogP contribution in [-0.2, 0) is 14.8 Å². The molecule has 1 heterocycles. The van der Waals surface area contributed by atoms with Crippen LogP contribution in [0.2, 0.25) is 0 Å². The van der Waals surface area contributed by atoms with Crippen molar-refractivity contribution in [3.63, 3.8) is 0 Å². The number of amides is 1. The second-order valence-corrected chi connectivity index (χ2v) is 7.81. The maximum atomic E-state index is 12.2. The lowest BCUT2D eigenvalue weighted by molar-refractivity contribution is -0.112. The molecule has 1 amide bonds. The third-order valence-electron chi connectivity index (χ3n) is 4.21. The van der Waals surface area contributed by atoms with Gasteiger partial charge in [-0.1, -0.05) is 6.92 Å². The number of nitriles is 1. The van der Waals surface area contributed by atoms with Crippen LogP contribution in [0.25, 0.3) is 6.08 Å². The number of nitrogens with zero attached hydrogens (tertiary/aromatic N) is 1. The first kappa shape index (κ1) is 17.9. The largest absolute Gasteiger partial charge is 0.461 e. The van der Waals surface area contributed by atoms with Gasteiger partial charge in [0, 0.05) is 17.7 Å². The molecular formula is C18H17N3O4S. The summed E-state index contributed by atoms with van der Waals surface area (Å²) in [6.07, 6.45) is 2.46. The maximum absolute atomic E-state index is 12.2. The molecule has 3 rings (SSSR count). The predicted molar refractivity (Wildman–Crippen MR) is 95.3 cm³/mol. The van der Waals surface area contributed by atoms with E-state index in [0.717, 1.165) is 12.2 Å². The minimum Gasteiger partial charge on any atom is -0.461 e. The summed E-state index contributed by atoms with van der Waals surface area (Å²) in [5.41, 5.74) is 0.223. The number of nitrogens with two attached hydrogens (primary N) is 1. The van der Waals surface area contributed by atoms with E-state index in [0.29, 0.717) is 23.3 Å². The minimum absolute atomic E-state index is 0.0658. The Morgan fingerprint density at radius 3 is 2.50 bits per heavy atom. The normalized spacial score (nSPS) is 19.7. The molecule has 2 atom stereocenters. The number of carbonyl (C=O) groups is 1. The summed E-state index contributed by atoms with van der Waals surface area (Å²) in [6.45, 7) is 2.14. The Morgan fingerprint density at radius 2 is 1.96 bits per heavy atom. The molecule has 7 nitrogen and oxygen atoms in total. The van der Waals surface area contributed by atoms with Crippen LogP contribution in [0.4, 0.5) is 5.69 Å². The zero-order chi connectivity index (χ0) is 18.9. The van der Waals surface area contributed by atoms with Crippen LogP contribution in [0.3, 0.4) is 0 Å². The van der Waals surface area contributed by atoms with Crippen molar-refractivity contribution in [2.45, 2.75) is 24.2 Å². The Bertz CT molecular complexity index is 1010. The van der Waals surface area contributed by atoms with Crippen LogP contribution in [0, 0.1) is 17.2 Å². The lowest BCUT2D eigenvalue weighted by atomic mass is 10.2. The second kappa shape index (κ2) is 6.78. The number of carbonyl (C=O) groups excluding carboxylic acids is 1. The highest BCUT2D eigenvalue weighted by Gasteiger charge is 2.36. The molecule has 0 radical (unpaired) electrons. The van der Waals surface area contributed by atoms with Gasteiger partial charge in [-0.3, -0.25) is 4.79 Å². The molecule has 0 aliphatic heterocycles. The average Bonchev–Trinajstić information content (AvgIpc) is 3.14. The van der Waals surface area contributed by atoms with Crippen LogP contribution in [0.5, 0.6) is 0 Å². The average molecular weight is 371 g/mol. The predicted octanol–water partition coefficient (Wildman–Crippen LogP) is 2.60. The van der Waals surface area contributed by atoms with Gasteiger partial charge in [0.2, 0.25) is 10.0 Å². The highest BCUT2D eigenvalue weighted by molar-refractivity contribution is 7.89. The van der Waals surface area contributed by atoms with E-state index in [1.807, 2.05) is 12.1 Å². The lowest BCUT2D eigenvalue weighted by Crippen LogP contribution is -2.14. The lowest BCUT2D eigenvalue weighted by Gasteiger charge is -2.05. The summed E-state index contributed by atoms with van der Waals surface area (Å²) in [5, 5.41) is 16.8. The highest BCUT2D eigenvalue weighted by atomic mass is 32.2. The molecule has 8 heteroatoms. The van der Waals surface area contributed by atoms with E-state index >= 15 is 0 Å². The van der Waals surface area contributed by atoms with Gasteiger partial charge in [-0.2, -0.15) is 5.26 Å². The smallest absolute Gasteiger partial charge is 0.266 e. The molecule has 1 fully saturated rings. The number of benzene rings is 1. The fraction of sp³-hybridized carbons (Fsp3) is 0.222. The van der Waals surface area contributed by atoms with Crippen LogP contribution in [-0.4, -0.2) is 14.3 Å². The van der Waals surface area contributed by atoms with Crippen molar-refractivity contribution in [1.82, 2.24) is 0 Å². The Labute approximate surface area is 151 Å². The molecule has 1 aromatic heterocycles. The molecule has 1 saturated carbocycles. The molecule has 0 unspecified atom stereocenters. The van der Waals surface area contributed by atoms with E-state index in [1.54, 1.807) is 6.07 Å². The molecule has 3 N–H and O–H groups in total. The molecule has 0 spiro atoms. The first-order chi connectivity index (χ1) is 12.3. The van der Waals surface area contributed by atoms with E-state index in [9.17, 15) is 18.5 Å². The number of hydrogen-bond acceptors (Lipinski definition) is 5. The number of primary sulfonamides is 1. The quantitative estimate of drug-likeness (QED) is 0.617. The summed E-state index contributed by atoms with van der Waals surface area (Å²) in [4.78, 5) is 12.2. The Morgan fingerprint density at radius 1 is 1.31 bits per heavy atom. The van der Waals surface area contributed by atoms with E-state index in [2.05, 4.69) is 12.2 Å². The van der Waals surface area contributed by atoms with Crippen molar-refractivity contribution in [1.29, 1.82) is 5.26 Å². The minimum atomic E-state index is -3.80. The number of hydrogen-bond donors (Lipinski definition) is 2. The molecule has 26 heavy (non-hydrogen) atoms. The number of anilines is 1. The Hall–Kier alpha value is -2.89. The first-order valence-electron chi connectivity index (χ1n) is 7.93. The molecule has 1 aliphatic rings. The zero-order valence-corrected chi connectivity index (χ0v) is 14.8. The molecular weight excluding hydrogens is 354 g/mol. The standard InChI is InChI=1S/C18H17N3O4S/c1-11-8-16(11)17-7-4-14(25-17)9-12(10-19)18(22)21-13-2-5-15(6-3-13)26(20,23)24/h2-7,9,11,16H,8H2,1H3,(H,21,22)(H2,20,23,24)/b12-9+/t11-,16+/m0/s1. The van der Waals surface area contributed by atoms with Gasteiger partial charge < -0.3 is 9.73 Å². The third kappa shape index (κ3) is 4.02. The molecule has 0 bridgehead atoms. The van der Waals surface area contributed by atoms with Gasteiger partial charge in [0.25, 0.3) is 5.91 Å². The van der Waals surface area contributed by atoms with E-state index in [1.165, 1.54) is 30.3 Å². The summed E-state index contributed by atoms with van der Waals surface area (Å²) < 4.78 is 28.1. The molecule has 0 saturated heterocycles. The molecule has 1 aromatic carbocycles. The number of furan rings is 1. The van der Waals surface area contributed by atoms with Crippen LogP contribution >= 0.6 is 0 Å². The van der Waals surface area contributed by atoms with Gasteiger partial charge in [0.1, 0.15) is 23.2 Å². The summed E-state index contributed by atoms with van der Waals surface area (Å²) in [5.74, 6) is 1.69. The van der Waals surface area contributed by atoms with Gasteiger partial charge in [-0.25, -0.2) is 13.6 Å². The van der Waals surface area contributed by atoms with Crippen LogP contribution in [0.15, 0.2) is 51.3 Å². The van der Waals surface area contributed by atoms with Crippen molar-refractivity contribution in [3.8, 4) is 6.07 Å². The maximum Gasteiger partial charge on any atom is 0.266 e. The van der Waals surface area contributed by atoms with Crippen LogP contribution in [0.1, 0.15) is 30.8 Å². The number of rotatable bonds is 5. The van der Waals surface area contributed by atoms with E-state index < -0.39 is 15.9 Å². The fourth-order valence-corrected chi connectivity index (χ4v) is 3.10. The third-order valence-corrected chi connectivity index (χ3v) is 5.14. The SMILES string of the molecule is C[C@H]1C[C@H]1c1ccc(/C=C(\C#N)C(=O)Nc2ccc(S(N)(=O)=O)cc2)o1. The van der Waals surface area contributed by atoms with Crippen molar-refractivity contribution >= 4 is 27.7 Å². The topological polar surface area (TPSA) is 126 Å². The second-order valence-electron chi connectivity index (χ2n) is 6.25. The summed E-state index contributed by atoms with van der Waals surface area (Å²) >= 11 is 0. The molecule has 1 aliphatic carbocycles. The fourth-order valence-electron chi connectivity index (χ4n) is 2.58.